The summed E-state index contributed by atoms with van der Waals surface area (Å²) < 4.78 is 7.07. The second-order valence-electron chi connectivity index (χ2n) is 5.94. The highest BCUT2D eigenvalue weighted by Crippen LogP contribution is 2.30. The van der Waals surface area contributed by atoms with Gasteiger partial charge in [-0.25, -0.2) is 0 Å². The van der Waals surface area contributed by atoms with E-state index in [0.717, 1.165) is 11.1 Å². The molecule has 0 radical (unpaired) electrons. The molecule has 1 unspecified atom stereocenters. The third kappa shape index (κ3) is 3.52. The van der Waals surface area contributed by atoms with Crippen LogP contribution in [0, 0.1) is 0 Å². The molecule has 1 aromatic heterocycles. The lowest BCUT2D eigenvalue weighted by molar-refractivity contribution is -0.134. The lowest BCUT2D eigenvalue weighted by Gasteiger charge is -2.35. The second-order valence-corrected chi connectivity index (χ2v) is 6.37. The number of carbonyl (C=O) groups excluding carboxylic acids is 1. The zero-order valence-corrected chi connectivity index (χ0v) is 14.7. The highest BCUT2D eigenvalue weighted by atomic mass is 35.5. The number of ether oxygens (including phenoxy) is 1. The van der Waals surface area contributed by atoms with Crippen molar-refractivity contribution in [1.29, 1.82) is 0 Å². The predicted octanol–water partition coefficient (Wildman–Crippen LogP) is 2.79. The van der Waals surface area contributed by atoms with Crippen molar-refractivity contribution in [2.24, 2.45) is 7.05 Å². The number of amides is 1. The average Bonchev–Trinajstić information content (AvgIpc) is 2.62. The van der Waals surface area contributed by atoms with Crippen molar-refractivity contribution in [3.63, 3.8) is 0 Å². The Bertz CT molecular complexity index is 875. The monoisotopic (exact) mass is 358 g/mol. The molecule has 2 heterocycles. The predicted molar refractivity (Wildman–Crippen MR) is 97.6 cm³/mol. The van der Waals surface area contributed by atoms with Crippen LogP contribution in [0.3, 0.4) is 0 Å². The second kappa shape index (κ2) is 7.25. The van der Waals surface area contributed by atoms with E-state index in [4.69, 9.17) is 16.3 Å². The fraction of sp³-hybridized carbons (Fsp3) is 0.263. The Morgan fingerprint density at radius 3 is 2.96 bits per heavy atom. The van der Waals surface area contributed by atoms with Gasteiger partial charge in [0.2, 0.25) is 5.91 Å². The van der Waals surface area contributed by atoms with Crippen molar-refractivity contribution in [1.82, 2.24) is 9.47 Å². The molecule has 2 aromatic rings. The summed E-state index contributed by atoms with van der Waals surface area (Å²) >= 11 is 6.30. The number of morpholine rings is 1. The molecule has 1 saturated heterocycles. The van der Waals surface area contributed by atoms with Gasteiger partial charge >= 0.3 is 0 Å². The SMILES string of the molecule is C=CC(=O)N1CCOCC1c1cc(Cl)cc(-c2cccn(C)c2=O)c1. The largest absolute Gasteiger partial charge is 0.377 e. The van der Waals surface area contributed by atoms with Crippen LogP contribution in [-0.2, 0) is 16.6 Å². The number of aryl methyl sites for hydroxylation is 1. The Morgan fingerprint density at radius 2 is 2.20 bits per heavy atom. The first kappa shape index (κ1) is 17.5. The van der Waals surface area contributed by atoms with Crippen LogP contribution in [0.2, 0.25) is 5.02 Å². The maximum Gasteiger partial charge on any atom is 0.258 e. The van der Waals surface area contributed by atoms with Gasteiger partial charge in [0.15, 0.2) is 0 Å². The summed E-state index contributed by atoms with van der Waals surface area (Å²) in [7, 11) is 1.71. The topological polar surface area (TPSA) is 51.5 Å². The maximum absolute atomic E-state index is 12.4. The molecule has 3 rings (SSSR count). The highest BCUT2D eigenvalue weighted by Gasteiger charge is 2.28. The lowest BCUT2D eigenvalue weighted by atomic mass is 9.98. The number of hydrogen-bond donors (Lipinski definition) is 0. The molecule has 0 spiro atoms. The first-order valence-electron chi connectivity index (χ1n) is 7.98. The number of hydrogen-bond acceptors (Lipinski definition) is 3. The summed E-state index contributed by atoms with van der Waals surface area (Å²) in [5.74, 6) is -0.148. The van der Waals surface area contributed by atoms with Crippen LogP contribution < -0.4 is 5.56 Å². The minimum absolute atomic E-state index is 0.102. The van der Waals surface area contributed by atoms with Gasteiger partial charge in [0, 0.05) is 30.4 Å². The molecular formula is C19H19ClN2O3. The van der Waals surface area contributed by atoms with E-state index in [1.54, 1.807) is 36.3 Å². The lowest BCUT2D eigenvalue weighted by Crippen LogP contribution is -2.42. The van der Waals surface area contributed by atoms with E-state index in [1.165, 1.54) is 10.6 Å². The molecule has 1 atom stereocenters. The molecule has 0 aliphatic carbocycles. The van der Waals surface area contributed by atoms with E-state index in [0.29, 0.717) is 30.3 Å². The van der Waals surface area contributed by atoms with Crippen molar-refractivity contribution in [3.8, 4) is 11.1 Å². The first-order chi connectivity index (χ1) is 12.0. The Kier molecular flexibility index (Phi) is 5.06. The molecule has 5 nitrogen and oxygen atoms in total. The molecule has 0 bridgehead atoms. The number of carbonyl (C=O) groups is 1. The molecule has 1 aromatic carbocycles. The summed E-state index contributed by atoms with van der Waals surface area (Å²) in [6.45, 7) is 4.93. The van der Waals surface area contributed by atoms with E-state index in [2.05, 4.69) is 6.58 Å². The highest BCUT2D eigenvalue weighted by molar-refractivity contribution is 6.31. The normalized spacial score (nSPS) is 17.4. The van der Waals surface area contributed by atoms with Gasteiger partial charge in [-0.15, -0.1) is 0 Å². The zero-order valence-electron chi connectivity index (χ0n) is 13.9. The summed E-state index contributed by atoms with van der Waals surface area (Å²) in [6, 6.07) is 8.78. The molecular weight excluding hydrogens is 340 g/mol. The molecule has 6 heteroatoms. The Hall–Kier alpha value is -2.37. The van der Waals surface area contributed by atoms with Gasteiger partial charge in [0.05, 0.1) is 19.3 Å². The molecule has 1 aliphatic heterocycles. The van der Waals surface area contributed by atoms with Crippen LogP contribution in [-0.4, -0.2) is 35.1 Å². The van der Waals surface area contributed by atoms with Crippen LogP contribution in [0.25, 0.3) is 11.1 Å². The third-order valence-electron chi connectivity index (χ3n) is 4.33. The van der Waals surface area contributed by atoms with Crippen molar-refractivity contribution in [2.75, 3.05) is 19.8 Å². The van der Waals surface area contributed by atoms with Crippen molar-refractivity contribution in [2.45, 2.75) is 6.04 Å². The summed E-state index contributed by atoms with van der Waals surface area (Å²) in [5, 5.41) is 0.509. The number of halogens is 1. The van der Waals surface area contributed by atoms with Crippen LogP contribution in [0.1, 0.15) is 11.6 Å². The number of nitrogens with zero attached hydrogens (tertiary/aromatic N) is 2. The van der Waals surface area contributed by atoms with Gasteiger partial charge in [-0.2, -0.15) is 0 Å². The fourth-order valence-corrected chi connectivity index (χ4v) is 3.28. The quantitative estimate of drug-likeness (QED) is 0.793. The summed E-state index contributed by atoms with van der Waals surface area (Å²) in [6.07, 6.45) is 3.01. The number of aromatic nitrogens is 1. The third-order valence-corrected chi connectivity index (χ3v) is 4.54. The van der Waals surface area contributed by atoms with E-state index in [1.807, 2.05) is 12.1 Å². The summed E-state index contributed by atoms with van der Waals surface area (Å²) in [4.78, 5) is 26.3. The van der Waals surface area contributed by atoms with Crippen molar-refractivity contribution in [3.05, 3.63) is 70.1 Å². The zero-order chi connectivity index (χ0) is 18.0. The van der Waals surface area contributed by atoms with Crippen LogP contribution in [0.4, 0.5) is 0 Å². The minimum Gasteiger partial charge on any atom is -0.377 e. The van der Waals surface area contributed by atoms with Gasteiger partial charge in [0.25, 0.3) is 5.56 Å². The van der Waals surface area contributed by atoms with E-state index in [9.17, 15) is 9.59 Å². The smallest absolute Gasteiger partial charge is 0.258 e. The molecule has 0 saturated carbocycles. The van der Waals surface area contributed by atoms with Crippen LogP contribution >= 0.6 is 11.6 Å². The number of benzene rings is 1. The van der Waals surface area contributed by atoms with Gasteiger partial charge in [-0.05, 0) is 47.5 Å². The van der Waals surface area contributed by atoms with Crippen LogP contribution in [0.5, 0.6) is 0 Å². The Balaban J connectivity index is 2.07. The van der Waals surface area contributed by atoms with Crippen molar-refractivity contribution >= 4 is 17.5 Å². The number of rotatable bonds is 3. The Labute approximate surface area is 151 Å². The average molecular weight is 359 g/mol. The number of pyridine rings is 1. The van der Waals surface area contributed by atoms with Gasteiger partial charge < -0.3 is 14.2 Å². The van der Waals surface area contributed by atoms with Gasteiger partial charge in [0.1, 0.15) is 0 Å². The standard InChI is InChI=1S/C19H19ClN2O3/c1-3-18(23)22-7-8-25-12-17(22)14-9-13(10-15(20)11-14)16-5-4-6-21(2)19(16)24/h3-6,9-11,17H,1,7-8,12H2,2H3. The van der Waals surface area contributed by atoms with E-state index >= 15 is 0 Å². The first-order valence-corrected chi connectivity index (χ1v) is 8.36. The fourth-order valence-electron chi connectivity index (χ4n) is 3.04. The van der Waals surface area contributed by atoms with Crippen LogP contribution in [0.15, 0.2) is 54.0 Å². The van der Waals surface area contributed by atoms with E-state index in [-0.39, 0.29) is 17.5 Å². The molecule has 1 amide bonds. The maximum atomic E-state index is 12.4. The molecule has 1 fully saturated rings. The van der Waals surface area contributed by atoms with Gasteiger partial charge in [-0.3, -0.25) is 9.59 Å². The molecule has 130 valence electrons. The van der Waals surface area contributed by atoms with Crippen molar-refractivity contribution < 1.29 is 9.53 Å². The molecule has 25 heavy (non-hydrogen) atoms. The Morgan fingerprint density at radius 1 is 1.40 bits per heavy atom. The minimum atomic E-state index is -0.260. The van der Waals surface area contributed by atoms with Gasteiger partial charge in [-0.1, -0.05) is 18.2 Å². The molecule has 0 N–H and O–H groups in total. The van der Waals surface area contributed by atoms with E-state index < -0.39 is 0 Å². The summed E-state index contributed by atoms with van der Waals surface area (Å²) in [5.41, 5.74) is 2.02. The molecule has 1 aliphatic rings.